The zero-order valence-corrected chi connectivity index (χ0v) is 29.3. The average Bonchev–Trinajstić information content (AvgIpc) is 3.50. The number of esters is 1. The number of aromatic nitrogens is 2. The van der Waals surface area contributed by atoms with Crippen LogP contribution in [0.15, 0.2) is 54.1 Å². The van der Waals surface area contributed by atoms with Crippen molar-refractivity contribution in [3.8, 4) is 5.75 Å². The van der Waals surface area contributed by atoms with E-state index in [2.05, 4.69) is 58.0 Å². The minimum atomic E-state index is -0.480. The van der Waals surface area contributed by atoms with Gasteiger partial charge in [0.15, 0.2) is 6.23 Å². The fourth-order valence-electron chi connectivity index (χ4n) is 6.58. The predicted molar refractivity (Wildman–Crippen MR) is 185 cm³/mol. The summed E-state index contributed by atoms with van der Waals surface area (Å²) in [5.41, 5.74) is 4.27. The molecule has 0 amide bonds. The molecule has 252 valence electrons. The summed E-state index contributed by atoms with van der Waals surface area (Å²) in [6, 6.07) is 14.9. The molecule has 1 unspecified atom stereocenters. The zero-order valence-electron chi connectivity index (χ0n) is 29.3. The van der Waals surface area contributed by atoms with Crippen LogP contribution in [-0.2, 0) is 23.6 Å². The number of allylic oxidation sites excluding steroid dienone is 1. The van der Waals surface area contributed by atoms with E-state index < -0.39 is 23.9 Å². The normalized spacial score (nSPS) is 21.8. The van der Waals surface area contributed by atoms with Crippen LogP contribution in [0.25, 0.3) is 16.5 Å². The second kappa shape index (κ2) is 13.4. The number of fused-ring (bicyclic) bond motifs is 1. The minimum Gasteiger partial charge on any atom is -0.494 e. The monoisotopic (exact) mass is 642 g/mol. The van der Waals surface area contributed by atoms with Crippen LogP contribution in [0.1, 0.15) is 117 Å². The summed E-state index contributed by atoms with van der Waals surface area (Å²) in [5, 5.41) is 5.86. The highest BCUT2D eigenvalue weighted by atomic mass is 16.7. The van der Waals surface area contributed by atoms with Crippen molar-refractivity contribution >= 4 is 29.6 Å². The van der Waals surface area contributed by atoms with Crippen LogP contribution >= 0.6 is 0 Å². The fourth-order valence-corrected chi connectivity index (χ4v) is 6.58. The number of benzene rings is 2. The van der Waals surface area contributed by atoms with Crippen LogP contribution in [0.4, 0.5) is 0 Å². The largest absolute Gasteiger partial charge is 0.494 e. The summed E-state index contributed by atoms with van der Waals surface area (Å²) in [6.45, 7) is 15.3. The molecule has 2 aromatic carbocycles. The molecule has 1 atom stereocenters. The molecule has 2 aliphatic heterocycles. The minimum absolute atomic E-state index is 0.0194. The molecule has 8 nitrogen and oxygen atoms in total. The topological polar surface area (TPSA) is 81.0 Å². The van der Waals surface area contributed by atoms with Gasteiger partial charge in [-0.25, -0.2) is 4.68 Å². The summed E-state index contributed by atoms with van der Waals surface area (Å²) in [5.74, 6) is 0.936. The van der Waals surface area contributed by atoms with Crippen LogP contribution in [0.5, 0.6) is 5.75 Å². The quantitative estimate of drug-likeness (QED) is 0.125. The zero-order chi connectivity index (χ0) is 33.4. The Bertz CT molecular complexity index is 1580. The molecule has 1 aromatic heterocycles. The first-order chi connectivity index (χ1) is 22.3. The molecule has 3 aromatic rings. The molecule has 3 heterocycles. The molecule has 0 N–H and O–H groups in total. The van der Waals surface area contributed by atoms with Gasteiger partial charge in [0, 0.05) is 18.4 Å². The maximum atomic E-state index is 12.1. The van der Waals surface area contributed by atoms with Gasteiger partial charge in [0.05, 0.1) is 29.5 Å². The molecular weight excluding hydrogens is 591 g/mol. The van der Waals surface area contributed by atoms with Gasteiger partial charge in [-0.3, -0.25) is 4.79 Å². The number of carbonyl (C=O) groups is 1. The molecule has 0 radical (unpaired) electrons. The van der Waals surface area contributed by atoms with Gasteiger partial charge in [0.2, 0.25) is 0 Å². The second-order valence-electron chi connectivity index (χ2n) is 15.3. The van der Waals surface area contributed by atoms with Gasteiger partial charge in [0.25, 0.3) is 0 Å². The summed E-state index contributed by atoms with van der Waals surface area (Å²) in [7, 11) is -0.446. The Balaban J connectivity index is 1.33. The Kier molecular flexibility index (Phi) is 9.63. The molecule has 6 rings (SSSR count). The molecule has 2 saturated heterocycles. The van der Waals surface area contributed by atoms with Gasteiger partial charge in [0.1, 0.15) is 11.4 Å². The number of carbonyl (C=O) groups excluding carboxylic acids is 1. The predicted octanol–water partition coefficient (Wildman–Crippen LogP) is 8.47. The molecule has 9 heteroatoms. The number of hydrogen-bond donors (Lipinski definition) is 0. The standard InChI is InChI=1S/C38H51BN2O6/c1-36(2,3)45-33(42)15-11-23-43-30-19-16-26(17-20-30)34(35(27-12-10-13-27)39-46-37(4,5)38(6,7)47-39)28-18-21-31-29(24-28)25-40-41(31)32-14-8-9-22-44-32/h16-21,24-25,27,32H,8-15,22-23H2,1-7H3/b35-34+. The Labute approximate surface area is 280 Å². The van der Waals surface area contributed by atoms with Crippen molar-refractivity contribution in [1.29, 1.82) is 0 Å². The lowest BCUT2D eigenvalue weighted by atomic mass is 9.60. The first-order valence-electron chi connectivity index (χ1n) is 17.5. The van der Waals surface area contributed by atoms with Crippen LogP contribution < -0.4 is 4.74 Å². The lowest BCUT2D eigenvalue weighted by Gasteiger charge is -2.32. The van der Waals surface area contributed by atoms with E-state index in [9.17, 15) is 4.79 Å². The highest BCUT2D eigenvalue weighted by Gasteiger charge is 2.54. The van der Waals surface area contributed by atoms with Crippen LogP contribution in [0.3, 0.4) is 0 Å². The third-order valence-electron chi connectivity index (χ3n) is 10.0. The van der Waals surface area contributed by atoms with E-state index in [0.29, 0.717) is 25.4 Å². The molecule has 0 bridgehead atoms. The van der Waals surface area contributed by atoms with Crippen molar-refractivity contribution in [3.05, 3.63) is 65.3 Å². The van der Waals surface area contributed by atoms with Gasteiger partial charge < -0.3 is 23.5 Å². The van der Waals surface area contributed by atoms with E-state index in [1.807, 2.05) is 43.8 Å². The Morgan fingerprint density at radius 3 is 2.28 bits per heavy atom. The van der Waals surface area contributed by atoms with Crippen LogP contribution in [0.2, 0.25) is 0 Å². The van der Waals surface area contributed by atoms with E-state index in [4.69, 9.17) is 28.6 Å². The summed E-state index contributed by atoms with van der Waals surface area (Å²) >= 11 is 0. The van der Waals surface area contributed by atoms with Crippen molar-refractivity contribution in [2.75, 3.05) is 13.2 Å². The smallest absolute Gasteiger partial charge is 0.491 e. The van der Waals surface area contributed by atoms with Gasteiger partial charge in [-0.05, 0) is 139 Å². The number of hydrogen-bond acceptors (Lipinski definition) is 7. The molecule has 47 heavy (non-hydrogen) atoms. The fraction of sp³-hybridized carbons (Fsp3) is 0.579. The summed E-state index contributed by atoms with van der Waals surface area (Å²) in [6.07, 6.45) is 9.52. The maximum Gasteiger partial charge on any atom is 0.491 e. The van der Waals surface area contributed by atoms with Gasteiger partial charge in [-0.1, -0.05) is 24.6 Å². The first-order valence-corrected chi connectivity index (χ1v) is 17.5. The van der Waals surface area contributed by atoms with Gasteiger partial charge >= 0.3 is 13.1 Å². The van der Waals surface area contributed by atoms with Crippen molar-refractivity contribution in [1.82, 2.24) is 9.78 Å². The molecule has 0 spiro atoms. The second-order valence-corrected chi connectivity index (χ2v) is 15.3. The Hall–Kier alpha value is -3.14. The van der Waals surface area contributed by atoms with Crippen molar-refractivity contribution in [2.24, 2.45) is 5.92 Å². The summed E-state index contributed by atoms with van der Waals surface area (Å²) in [4.78, 5) is 12.1. The average molecular weight is 643 g/mol. The van der Waals surface area contributed by atoms with Crippen LogP contribution in [0, 0.1) is 5.92 Å². The van der Waals surface area contributed by atoms with E-state index in [-0.39, 0.29) is 12.2 Å². The maximum absolute atomic E-state index is 12.1. The van der Waals surface area contributed by atoms with Crippen molar-refractivity contribution in [2.45, 2.75) is 123 Å². The molecule has 1 saturated carbocycles. The van der Waals surface area contributed by atoms with E-state index >= 15 is 0 Å². The SMILES string of the molecule is CC(C)(C)OC(=O)CCCOc1ccc(/C(=C(\B2OC(C)(C)C(C)(C)O2)C2CCC2)c2ccc3c(cnn3C3CCCCO3)c2)cc1. The lowest BCUT2D eigenvalue weighted by molar-refractivity contribution is -0.155. The third kappa shape index (κ3) is 7.47. The van der Waals surface area contributed by atoms with Crippen molar-refractivity contribution in [3.63, 3.8) is 0 Å². The summed E-state index contributed by atoms with van der Waals surface area (Å²) < 4.78 is 33.1. The van der Waals surface area contributed by atoms with E-state index in [1.54, 1.807) is 0 Å². The van der Waals surface area contributed by atoms with E-state index in [0.717, 1.165) is 72.1 Å². The lowest BCUT2D eigenvalue weighted by Crippen LogP contribution is -2.41. The Morgan fingerprint density at radius 1 is 0.957 bits per heavy atom. The first kappa shape index (κ1) is 33.8. The van der Waals surface area contributed by atoms with Crippen molar-refractivity contribution < 1.29 is 28.3 Å². The number of ether oxygens (including phenoxy) is 3. The molecule has 1 aliphatic carbocycles. The van der Waals surface area contributed by atoms with Crippen LogP contribution in [-0.4, -0.2) is 52.9 Å². The van der Waals surface area contributed by atoms with Gasteiger partial charge in [-0.15, -0.1) is 0 Å². The molecule has 3 fully saturated rings. The number of nitrogens with zero attached hydrogens (tertiary/aromatic N) is 2. The molecular formula is C38H51BN2O6. The third-order valence-corrected chi connectivity index (χ3v) is 10.0. The molecule has 3 aliphatic rings. The highest BCUT2D eigenvalue weighted by molar-refractivity contribution is 6.56. The number of rotatable bonds is 10. The van der Waals surface area contributed by atoms with Gasteiger partial charge in [-0.2, -0.15) is 5.10 Å². The highest BCUT2D eigenvalue weighted by Crippen LogP contribution is 2.47. The Morgan fingerprint density at radius 2 is 1.66 bits per heavy atom. The van der Waals surface area contributed by atoms with E-state index in [1.165, 1.54) is 11.9 Å².